The molecule has 0 radical (unpaired) electrons. The second-order valence-corrected chi connectivity index (χ2v) is 8.92. The van der Waals surface area contributed by atoms with Gasteiger partial charge >= 0.3 is 0 Å². The number of hydrogen-bond acceptors (Lipinski definition) is 4. The third kappa shape index (κ3) is 2.50. The molecule has 2 aliphatic heterocycles. The number of rotatable bonds is 4. The maximum Gasteiger partial charge on any atom is 0.158 e. The fraction of sp³-hybridized carbons (Fsp3) is 0.600. The molecule has 2 aliphatic rings. The van der Waals surface area contributed by atoms with Crippen molar-refractivity contribution in [2.45, 2.75) is 17.7 Å². The first-order valence-corrected chi connectivity index (χ1v) is 9.18. The van der Waals surface area contributed by atoms with Crippen molar-refractivity contribution in [2.75, 3.05) is 32.6 Å². The Bertz CT molecular complexity index is 626. The summed E-state index contributed by atoms with van der Waals surface area (Å²) in [4.78, 5) is 2.16. The number of halogens is 1. The number of ether oxygens (including phenoxy) is 1. The third-order valence-corrected chi connectivity index (χ3v) is 7.77. The molecule has 0 amide bonds. The Hall–Kier alpha value is -0.620. The largest absolute Gasteiger partial charge is 0.384 e. The van der Waals surface area contributed by atoms with Crippen LogP contribution in [0.5, 0.6) is 0 Å². The highest BCUT2D eigenvalue weighted by molar-refractivity contribution is 7.93. The summed E-state index contributed by atoms with van der Waals surface area (Å²) in [5.74, 6) is 0.413. The molecule has 2 heterocycles. The van der Waals surface area contributed by atoms with E-state index < -0.39 is 14.6 Å². The Labute approximate surface area is 131 Å². The lowest BCUT2D eigenvalue weighted by Crippen LogP contribution is -2.67. The van der Waals surface area contributed by atoms with Gasteiger partial charge in [-0.2, -0.15) is 0 Å². The van der Waals surface area contributed by atoms with Crippen LogP contribution in [0.15, 0.2) is 24.3 Å². The second kappa shape index (κ2) is 5.54. The van der Waals surface area contributed by atoms with Gasteiger partial charge in [0.1, 0.15) is 4.75 Å². The van der Waals surface area contributed by atoms with E-state index in [0.29, 0.717) is 32.0 Å². The summed E-state index contributed by atoms with van der Waals surface area (Å²) in [5.41, 5.74) is 1.05. The molecule has 1 aromatic rings. The van der Waals surface area contributed by atoms with Crippen molar-refractivity contribution in [1.82, 2.24) is 4.90 Å². The molecule has 0 unspecified atom stereocenters. The molecule has 21 heavy (non-hydrogen) atoms. The van der Waals surface area contributed by atoms with E-state index in [0.717, 1.165) is 17.0 Å². The zero-order valence-corrected chi connectivity index (χ0v) is 13.7. The van der Waals surface area contributed by atoms with Crippen LogP contribution in [0.1, 0.15) is 12.0 Å². The molecule has 0 N–H and O–H groups in total. The molecule has 4 nitrogen and oxygen atoms in total. The predicted molar refractivity (Wildman–Crippen MR) is 83.2 cm³/mol. The Morgan fingerprint density at radius 3 is 2.76 bits per heavy atom. The molecular formula is C15H20ClNO3S. The van der Waals surface area contributed by atoms with E-state index in [-0.39, 0.29) is 5.92 Å². The lowest BCUT2D eigenvalue weighted by atomic mass is 9.83. The number of benzene rings is 1. The van der Waals surface area contributed by atoms with Gasteiger partial charge in [-0.15, -0.1) is 0 Å². The highest BCUT2D eigenvalue weighted by Gasteiger charge is 2.61. The fourth-order valence-corrected chi connectivity index (χ4v) is 6.25. The monoisotopic (exact) mass is 329 g/mol. The zero-order valence-electron chi connectivity index (χ0n) is 12.1. The normalized spacial score (nSPS) is 26.9. The number of sulfone groups is 1. The minimum absolute atomic E-state index is 0.120. The number of methoxy groups -OCH3 is 1. The first kappa shape index (κ1) is 15.3. The van der Waals surface area contributed by atoms with Crippen LogP contribution in [0.25, 0.3) is 0 Å². The molecule has 1 atom stereocenters. The summed E-state index contributed by atoms with van der Waals surface area (Å²) in [6.07, 6.45) is 0.718. The highest BCUT2D eigenvalue weighted by Crippen LogP contribution is 2.45. The summed E-state index contributed by atoms with van der Waals surface area (Å²) in [6.45, 7) is 2.42. The zero-order chi connectivity index (χ0) is 15.1. The lowest BCUT2D eigenvalue weighted by molar-refractivity contribution is 0.0412. The van der Waals surface area contributed by atoms with Crippen LogP contribution < -0.4 is 0 Å². The maximum absolute atomic E-state index is 12.4. The van der Waals surface area contributed by atoms with Gasteiger partial charge in [0.15, 0.2) is 9.84 Å². The molecule has 0 saturated carbocycles. The van der Waals surface area contributed by atoms with Gasteiger partial charge in [0.05, 0.1) is 12.4 Å². The minimum Gasteiger partial charge on any atom is -0.384 e. The van der Waals surface area contributed by atoms with Crippen LogP contribution in [0.2, 0.25) is 5.02 Å². The smallest absolute Gasteiger partial charge is 0.158 e. The van der Waals surface area contributed by atoms with Crippen LogP contribution in [-0.4, -0.2) is 50.6 Å². The van der Waals surface area contributed by atoms with Crippen molar-refractivity contribution < 1.29 is 13.2 Å². The summed E-state index contributed by atoms with van der Waals surface area (Å²) < 4.78 is 29.4. The Morgan fingerprint density at radius 2 is 2.10 bits per heavy atom. The molecule has 3 rings (SSSR count). The molecule has 2 fully saturated rings. The Morgan fingerprint density at radius 1 is 1.38 bits per heavy atom. The van der Waals surface area contributed by atoms with Gasteiger partial charge in [-0.05, 0) is 18.1 Å². The van der Waals surface area contributed by atoms with Crippen molar-refractivity contribution in [2.24, 2.45) is 5.92 Å². The average molecular weight is 330 g/mol. The van der Waals surface area contributed by atoms with Crippen LogP contribution in [0, 0.1) is 5.92 Å². The van der Waals surface area contributed by atoms with Crippen molar-refractivity contribution in [3.63, 3.8) is 0 Å². The molecule has 2 saturated heterocycles. The molecule has 1 spiro atoms. The van der Waals surface area contributed by atoms with E-state index in [1.165, 1.54) is 0 Å². The van der Waals surface area contributed by atoms with Crippen LogP contribution in [0.3, 0.4) is 0 Å². The van der Waals surface area contributed by atoms with E-state index in [1.807, 2.05) is 24.3 Å². The molecule has 116 valence electrons. The Kier molecular flexibility index (Phi) is 4.03. The molecule has 6 heteroatoms. The molecule has 0 bridgehead atoms. The second-order valence-electron chi connectivity index (χ2n) is 6.06. The van der Waals surface area contributed by atoms with E-state index in [1.54, 1.807) is 7.11 Å². The van der Waals surface area contributed by atoms with Gasteiger partial charge in [0, 0.05) is 37.7 Å². The number of likely N-dealkylation sites (tertiary alicyclic amines) is 1. The first-order chi connectivity index (χ1) is 9.98. The highest BCUT2D eigenvalue weighted by atomic mass is 35.5. The van der Waals surface area contributed by atoms with Crippen LogP contribution in [-0.2, 0) is 21.1 Å². The standard InChI is InChI=1S/C15H20ClNO3S/c1-20-9-13-6-7-21(18,19)15(13)10-17(11-15)8-12-4-2-3-5-14(12)16/h2-5,13H,6-11H2,1H3/t13-/m1/s1. The lowest BCUT2D eigenvalue weighted by Gasteiger charge is -2.50. The van der Waals surface area contributed by atoms with E-state index in [9.17, 15) is 8.42 Å². The predicted octanol–water partition coefficient (Wildman–Crippen LogP) is 1.98. The summed E-state index contributed by atoms with van der Waals surface area (Å²) >= 11 is 6.17. The Balaban J connectivity index is 1.72. The number of nitrogens with zero attached hydrogens (tertiary/aromatic N) is 1. The maximum atomic E-state index is 12.4. The molecule has 0 aromatic heterocycles. The van der Waals surface area contributed by atoms with E-state index in [4.69, 9.17) is 16.3 Å². The van der Waals surface area contributed by atoms with Gasteiger partial charge < -0.3 is 4.74 Å². The first-order valence-electron chi connectivity index (χ1n) is 7.15. The fourth-order valence-electron chi connectivity index (χ4n) is 3.60. The third-order valence-electron chi connectivity index (χ3n) is 4.80. The van der Waals surface area contributed by atoms with Gasteiger partial charge in [0.2, 0.25) is 0 Å². The average Bonchev–Trinajstić information content (AvgIpc) is 2.65. The molecule has 1 aromatic carbocycles. The minimum atomic E-state index is -3.01. The van der Waals surface area contributed by atoms with Crippen molar-refractivity contribution in [3.8, 4) is 0 Å². The number of hydrogen-bond donors (Lipinski definition) is 0. The van der Waals surface area contributed by atoms with Crippen LogP contribution >= 0.6 is 11.6 Å². The van der Waals surface area contributed by atoms with E-state index in [2.05, 4.69) is 4.90 Å². The van der Waals surface area contributed by atoms with E-state index >= 15 is 0 Å². The van der Waals surface area contributed by atoms with Gasteiger partial charge in [0.25, 0.3) is 0 Å². The quantitative estimate of drug-likeness (QED) is 0.847. The van der Waals surface area contributed by atoms with Crippen molar-refractivity contribution in [1.29, 1.82) is 0 Å². The topological polar surface area (TPSA) is 46.6 Å². The van der Waals surface area contributed by atoms with Crippen LogP contribution in [0.4, 0.5) is 0 Å². The van der Waals surface area contributed by atoms with Gasteiger partial charge in [-0.3, -0.25) is 4.90 Å². The SMILES string of the molecule is COC[C@H]1CCS(=O)(=O)C12CN(Cc1ccccc1Cl)C2. The van der Waals surface area contributed by atoms with Gasteiger partial charge in [-0.25, -0.2) is 8.42 Å². The molecular weight excluding hydrogens is 310 g/mol. The van der Waals surface area contributed by atoms with Gasteiger partial charge in [-0.1, -0.05) is 29.8 Å². The summed E-state index contributed by atoms with van der Waals surface area (Å²) in [5, 5.41) is 0.737. The van der Waals surface area contributed by atoms with Crippen molar-refractivity contribution in [3.05, 3.63) is 34.9 Å². The summed E-state index contributed by atoms with van der Waals surface area (Å²) in [7, 11) is -1.37. The van der Waals surface area contributed by atoms with Crippen molar-refractivity contribution >= 4 is 21.4 Å². The summed E-state index contributed by atoms with van der Waals surface area (Å²) in [6, 6.07) is 7.71. The molecule has 0 aliphatic carbocycles.